The summed E-state index contributed by atoms with van der Waals surface area (Å²) in [6.45, 7) is 8.58. The Hall–Kier alpha value is 0.0900. The van der Waals surface area contributed by atoms with Gasteiger partial charge in [0.2, 0.25) is 0 Å². The van der Waals surface area contributed by atoms with Crippen molar-refractivity contribution in [2.24, 2.45) is 11.8 Å². The molecule has 0 bridgehead atoms. The third-order valence-electron chi connectivity index (χ3n) is 1.64. The van der Waals surface area contributed by atoms with Crippen molar-refractivity contribution >= 4 is 17.1 Å². The Morgan fingerprint density at radius 3 is 1.62 bits per heavy atom. The molecule has 0 spiro atoms. The third-order valence-corrected chi connectivity index (χ3v) is 2.01. The summed E-state index contributed by atoms with van der Waals surface area (Å²) in [7, 11) is 0. The van der Waals surface area contributed by atoms with Crippen molar-refractivity contribution in [1.82, 2.24) is 0 Å². The van der Waals surface area contributed by atoms with Crippen molar-refractivity contribution in [3.05, 3.63) is 0 Å². The predicted octanol–water partition coefficient (Wildman–Crippen LogP) is 2.67. The largest absolute Gasteiger partial charge is 0.0897 e. The lowest BCUT2D eigenvalue weighted by molar-refractivity contribution is 0.536. The van der Waals surface area contributed by atoms with Gasteiger partial charge in [-0.15, -0.1) is 0 Å². The van der Waals surface area contributed by atoms with Crippen LogP contribution in [0.4, 0.5) is 0 Å². The van der Waals surface area contributed by atoms with E-state index in [9.17, 15) is 0 Å². The lowest BCUT2D eigenvalue weighted by atomic mass is 9.96. The van der Waals surface area contributed by atoms with Crippen LogP contribution < -0.4 is 0 Å². The molecule has 1 heteroatoms. The maximum Gasteiger partial charge on any atom is -0.00718 e. The first-order valence-electron chi connectivity index (χ1n) is 3.06. The molecule has 0 N–H and O–H groups in total. The molecular weight excluding hydrogens is 116 g/mol. The minimum atomic E-state index is 0.602. The van der Waals surface area contributed by atoms with E-state index < -0.39 is 0 Å². The van der Waals surface area contributed by atoms with Gasteiger partial charge >= 0.3 is 0 Å². The molecule has 0 aromatic heterocycles. The SMILES string of the molecule is CC(=S)[C@H](C)C(C)C. The third kappa shape index (κ3) is 2.41. The van der Waals surface area contributed by atoms with Crippen LogP contribution in [0.1, 0.15) is 27.7 Å². The Bertz CT molecular complexity index is 84.4. The molecule has 48 valence electrons. The molecule has 0 unspecified atom stereocenters. The Morgan fingerprint density at radius 1 is 1.25 bits per heavy atom. The summed E-state index contributed by atoms with van der Waals surface area (Å²) < 4.78 is 0. The molecule has 0 saturated carbocycles. The summed E-state index contributed by atoms with van der Waals surface area (Å²) in [5.41, 5.74) is 0. The van der Waals surface area contributed by atoms with Crippen molar-refractivity contribution in [3.63, 3.8) is 0 Å². The molecule has 1 atom stereocenters. The maximum atomic E-state index is 4.99. The quantitative estimate of drug-likeness (QED) is 0.518. The average Bonchev–Trinajstić information content (AvgIpc) is 1.64. The standard InChI is InChI=1S/C7H14S/c1-5(2)6(3)7(4)8/h5-6H,1-4H3/t6-/m1/s1. The van der Waals surface area contributed by atoms with Gasteiger partial charge in [-0.1, -0.05) is 33.0 Å². The van der Waals surface area contributed by atoms with E-state index in [0.717, 1.165) is 4.86 Å². The van der Waals surface area contributed by atoms with Crippen molar-refractivity contribution < 1.29 is 0 Å². The van der Waals surface area contributed by atoms with Gasteiger partial charge < -0.3 is 0 Å². The smallest absolute Gasteiger partial charge is 0.00718 e. The first-order valence-corrected chi connectivity index (χ1v) is 3.47. The van der Waals surface area contributed by atoms with E-state index in [1.807, 2.05) is 6.92 Å². The molecule has 0 amide bonds. The van der Waals surface area contributed by atoms with Crippen LogP contribution in [0.5, 0.6) is 0 Å². The fraction of sp³-hybridized carbons (Fsp3) is 0.857. The van der Waals surface area contributed by atoms with Gasteiger partial charge in [0, 0.05) is 0 Å². The minimum Gasteiger partial charge on any atom is -0.0897 e. The molecular formula is C7H14S. The van der Waals surface area contributed by atoms with Crippen molar-refractivity contribution in [2.75, 3.05) is 0 Å². The number of rotatable bonds is 2. The predicted molar refractivity (Wildman–Crippen MR) is 42.3 cm³/mol. The highest BCUT2D eigenvalue weighted by molar-refractivity contribution is 7.80. The van der Waals surface area contributed by atoms with Gasteiger partial charge in [0.1, 0.15) is 0 Å². The lowest BCUT2D eigenvalue weighted by Crippen LogP contribution is -2.10. The highest BCUT2D eigenvalue weighted by atomic mass is 32.1. The Labute approximate surface area is 57.3 Å². The second kappa shape index (κ2) is 3.18. The van der Waals surface area contributed by atoms with E-state index in [2.05, 4.69) is 20.8 Å². The zero-order valence-electron chi connectivity index (χ0n) is 6.06. The number of hydrogen-bond donors (Lipinski definition) is 0. The molecule has 0 fully saturated rings. The number of thiocarbonyl (C=S) groups is 1. The summed E-state index contributed by atoms with van der Waals surface area (Å²) in [6, 6.07) is 0. The minimum absolute atomic E-state index is 0.602. The van der Waals surface area contributed by atoms with Gasteiger partial charge in [-0.2, -0.15) is 0 Å². The summed E-state index contributed by atoms with van der Waals surface area (Å²) in [5, 5.41) is 0. The summed E-state index contributed by atoms with van der Waals surface area (Å²) in [6.07, 6.45) is 0. The van der Waals surface area contributed by atoms with Crippen LogP contribution >= 0.6 is 12.2 Å². The van der Waals surface area contributed by atoms with Crippen LogP contribution in [0.3, 0.4) is 0 Å². The first-order chi connectivity index (χ1) is 3.55. The lowest BCUT2D eigenvalue weighted by Gasteiger charge is -2.12. The fourth-order valence-electron chi connectivity index (χ4n) is 0.469. The van der Waals surface area contributed by atoms with Crippen LogP contribution in [0.2, 0.25) is 0 Å². The maximum absolute atomic E-state index is 4.99. The Kier molecular flexibility index (Phi) is 3.22. The summed E-state index contributed by atoms with van der Waals surface area (Å²) in [5.74, 6) is 1.30. The van der Waals surface area contributed by atoms with Gasteiger partial charge in [-0.25, -0.2) is 0 Å². The van der Waals surface area contributed by atoms with E-state index in [1.165, 1.54) is 0 Å². The molecule has 0 saturated heterocycles. The van der Waals surface area contributed by atoms with Gasteiger partial charge in [-0.05, 0) is 23.6 Å². The van der Waals surface area contributed by atoms with Gasteiger partial charge in [0.05, 0.1) is 0 Å². The van der Waals surface area contributed by atoms with Crippen LogP contribution in [-0.2, 0) is 0 Å². The normalized spacial score (nSPS) is 14.1. The highest BCUT2D eigenvalue weighted by Gasteiger charge is 2.06. The molecule has 0 aliphatic rings. The van der Waals surface area contributed by atoms with Crippen LogP contribution in [0, 0.1) is 11.8 Å². The highest BCUT2D eigenvalue weighted by Crippen LogP contribution is 2.10. The van der Waals surface area contributed by atoms with Crippen LogP contribution in [0.15, 0.2) is 0 Å². The second-order valence-electron chi connectivity index (χ2n) is 2.64. The van der Waals surface area contributed by atoms with Gasteiger partial charge in [0.25, 0.3) is 0 Å². The van der Waals surface area contributed by atoms with Crippen molar-refractivity contribution in [2.45, 2.75) is 27.7 Å². The summed E-state index contributed by atoms with van der Waals surface area (Å²) in [4.78, 5) is 1.13. The fourth-order valence-corrected chi connectivity index (χ4v) is 0.742. The zero-order chi connectivity index (χ0) is 6.73. The Morgan fingerprint density at radius 2 is 1.62 bits per heavy atom. The topological polar surface area (TPSA) is 0 Å². The van der Waals surface area contributed by atoms with E-state index in [-0.39, 0.29) is 0 Å². The molecule has 0 radical (unpaired) electrons. The molecule has 0 aliphatic heterocycles. The van der Waals surface area contributed by atoms with Crippen molar-refractivity contribution in [3.8, 4) is 0 Å². The van der Waals surface area contributed by atoms with E-state index in [0.29, 0.717) is 11.8 Å². The van der Waals surface area contributed by atoms with E-state index >= 15 is 0 Å². The average molecular weight is 130 g/mol. The molecule has 0 rings (SSSR count). The van der Waals surface area contributed by atoms with Crippen LogP contribution in [-0.4, -0.2) is 4.86 Å². The van der Waals surface area contributed by atoms with E-state index in [1.54, 1.807) is 0 Å². The van der Waals surface area contributed by atoms with E-state index in [4.69, 9.17) is 12.2 Å². The molecule has 0 aromatic carbocycles. The van der Waals surface area contributed by atoms with Crippen LogP contribution in [0.25, 0.3) is 0 Å². The van der Waals surface area contributed by atoms with Gasteiger partial charge in [0.15, 0.2) is 0 Å². The number of hydrogen-bond acceptors (Lipinski definition) is 1. The first kappa shape index (κ1) is 8.09. The molecule has 0 aliphatic carbocycles. The molecule has 0 aromatic rings. The monoisotopic (exact) mass is 130 g/mol. The molecule has 0 nitrogen and oxygen atoms in total. The summed E-state index contributed by atoms with van der Waals surface area (Å²) >= 11 is 4.99. The Balaban J connectivity index is 3.64. The van der Waals surface area contributed by atoms with Gasteiger partial charge in [-0.3, -0.25) is 0 Å². The molecule has 0 heterocycles. The van der Waals surface area contributed by atoms with Crippen molar-refractivity contribution in [1.29, 1.82) is 0 Å². The molecule has 8 heavy (non-hydrogen) atoms. The second-order valence-corrected chi connectivity index (χ2v) is 3.29. The zero-order valence-corrected chi connectivity index (χ0v) is 6.88.